The number of anilines is 2. The molecule has 0 radical (unpaired) electrons. The maximum Gasteiger partial charge on any atom is 0.324 e. The third-order valence-corrected chi connectivity index (χ3v) is 2.24. The maximum absolute atomic E-state index is 5.57. The predicted octanol–water partition coefficient (Wildman–Crippen LogP) is -0.220. The molecule has 2 rings (SSSR count). The Morgan fingerprint density at radius 1 is 1.21 bits per heavy atom. The molecule has 2 aromatic rings. The molecule has 0 spiro atoms. The second kappa shape index (κ2) is 5.85. The zero-order valence-corrected chi connectivity index (χ0v) is 10.7. The normalized spacial score (nSPS) is 10.2. The molecule has 9 heteroatoms. The van der Waals surface area contributed by atoms with Crippen LogP contribution in [0.1, 0.15) is 0 Å². The van der Waals surface area contributed by atoms with E-state index in [9.17, 15) is 0 Å². The van der Waals surface area contributed by atoms with Crippen LogP contribution in [0.4, 0.5) is 11.6 Å². The van der Waals surface area contributed by atoms with Crippen LogP contribution in [0, 0.1) is 0 Å². The van der Waals surface area contributed by atoms with Gasteiger partial charge in [0.15, 0.2) is 0 Å². The van der Waals surface area contributed by atoms with E-state index in [0.717, 1.165) is 0 Å². The molecular formula is C10H15N7O2. The third kappa shape index (κ3) is 3.44. The highest BCUT2D eigenvalue weighted by molar-refractivity contribution is 5.30. The third-order valence-electron chi connectivity index (χ3n) is 2.24. The van der Waals surface area contributed by atoms with Gasteiger partial charge < -0.3 is 20.5 Å². The lowest BCUT2D eigenvalue weighted by molar-refractivity contribution is 0.341. The fraction of sp³-hybridized carbons (Fsp3) is 0.400. The number of hydrogen-bond acceptors (Lipinski definition) is 8. The van der Waals surface area contributed by atoms with E-state index in [1.54, 1.807) is 17.1 Å². The van der Waals surface area contributed by atoms with Gasteiger partial charge in [0.2, 0.25) is 5.95 Å². The first-order valence-electron chi connectivity index (χ1n) is 5.57. The highest BCUT2D eigenvalue weighted by Gasteiger charge is 2.06. The van der Waals surface area contributed by atoms with E-state index in [1.165, 1.54) is 14.2 Å². The lowest BCUT2D eigenvalue weighted by atomic mass is 10.6. The van der Waals surface area contributed by atoms with E-state index in [1.807, 2.05) is 0 Å². The summed E-state index contributed by atoms with van der Waals surface area (Å²) in [7, 11) is 2.95. The Morgan fingerprint density at radius 3 is 2.42 bits per heavy atom. The molecule has 9 nitrogen and oxygen atoms in total. The fourth-order valence-electron chi connectivity index (χ4n) is 1.38. The summed E-state index contributed by atoms with van der Waals surface area (Å²) in [6.07, 6.45) is 3.34. The van der Waals surface area contributed by atoms with Crippen LogP contribution in [0.5, 0.6) is 12.0 Å². The maximum atomic E-state index is 5.57. The quantitative estimate of drug-likeness (QED) is 0.737. The van der Waals surface area contributed by atoms with Gasteiger partial charge in [-0.15, -0.1) is 4.98 Å². The van der Waals surface area contributed by atoms with Crippen LogP contribution >= 0.6 is 0 Å². The van der Waals surface area contributed by atoms with Gasteiger partial charge in [-0.3, -0.25) is 4.68 Å². The Bertz CT molecular complexity index is 520. The molecular weight excluding hydrogens is 250 g/mol. The summed E-state index contributed by atoms with van der Waals surface area (Å²) < 4.78 is 11.6. The van der Waals surface area contributed by atoms with Crippen molar-refractivity contribution in [3.05, 3.63) is 12.4 Å². The summed E-state index contributed by atoms with van der Waals surface area (Å²) in [5, 5.41) is 7.09. The van der Waals surface area contributed by atoms with E-state index < -0.39 is 0 Å². The molecule has 0 aliphatic carbocycles. The van der Waals surface area contributed by atoms with Gasteiger partial charge in [-0.2, -0.15) is 15.1 Å². The number of nitrogens with one attached hydrogen (secondary N) is 1. The molecule has 0 bridgehead atoms. The van der Waals surface area contributed by atoms with Crippen molar-refractivity contribution in [3.63, 3.8) is 0 Å². The molecule has 0 aliphatic rings. The molecule has 0 atom stereocenters. The molecule has 0 saturated carbocycles. The molecule has 0 fully saturated rings. The van der Waals surface area contributed by atoms with E-state index >= 15 is 0 Å². The number of nitrogens with two attached hydrogens (primary N) is 1. The van der Waals surface area contributed by atoms with Gasteiger partial charge in [0.1, 0.15) is 0 Å². The summed E-state index contributed by atoms with van der Waals surface area (Å²) >= 11 is 0. The Kier molecular flexibility index (Phi) is 3.96. The SMILES string of the molecule is COc1nc(NCCn2cc(N)cn2)nc(OC)n1. The monoisotopic (exact) mass is 265 g/mol. The summed E-state index contributed by atoms with van der Waals surface area (Å²) in [5.41, 5.74) is 6.20. The minimum absolute atomic E-state index is 0.192. The fourth-order valence-corrected chi connectivity index (χ4v) is 1.38. The minimum atomic E-state index is 0.192. The van der Waals surface area contributed by atoms with Crippen molar-refractivity contribution in [2.24, 2.45) is 0 Å². The van der Waals surface area contributed by atoms with Crippen molar-refractivity contribution in [2.75, 3.05) is 31.8 Å². The molecule has 0 aliphatic heterocycles. The highest BCUT2D eigenvalue weighted by atomic mass is 16.5. The molecule has 19 heavy (non-hydrogen) atoms. The van der Waals surface area contributed by atoms with Gasteiger partial charge in [-0.05, 0) is 0 Å². The molecule has 0 saturated heterocycles. The first-order chi connectivity index (χ1) is 9.21. The van der Waals surface area contributed by atoms with E-state index in [4.69, 9.17) is 15.2 Å². The van der Waals surface area contributed by atoms with Crippen molar-refractivity contribution in [3.8, 4) is 12.0 Å². The average molecular weight is 265 g/mol. The Balaban J connectivity index is 1.95. The molecule has 3 N–H and O–H groups in total. The number of aromatic nitrogens is 5. The van der Waals surface area contributed by atoms with Gasteiger partial charge in [0, 0.05) is 12.7 Å². The number of nitrogen functional groups attached to an aromatic ring is 1. The highest BCUT2D eigenvalue weighted by Crippen LogP contribution is 2.11. The van der Waals surface area contributed by atoms with E-state index in [-0.39, 0.29) is 12.0 Å². The lowest BCUT2D eigenvalue weighted by Gasteiger charge is -2.07. The van der Waals surface area contributed by atoms with Crippen LogP contribution in [0.15, 0.2) is 12.4 Å². The molecule has 2 aromatic heterocycles. The van der Waals surface area contributed by atoms with Crippen LogP contribution in [0.25, 0.3) is 0 Å². The average Bonchev–Trinajstić information content (AvgIpc) is 2.84. The number of methoxy groups -OCH3 is 2. The smallest absolute Gasteiger partial charge is 0.324 e. The Hall–Kier alpha value is -2.58. The van der Waals surface area contributed by atoms with E-state index in [0.29, 0.717) is 24.7 Å². The molecule has 2 heterocycles. The van der Waals surface area contributed by atoms with Crippen molar-refractivity contribution in [1.29, 1.82) is 0 Å². The molecule has 0 unspecified atom stereocenters. The predicted molar refractivity (Wildman–Crippen MR) is 68.1 cm³/mol. The topological polar surface area (TPSA) is 113 Å². The molecule has 0 aromatic carbocycles. The number of hydrogen-bond donors (Lipinski definition) is 2. The lowest BCUT2D eigenvalue weighted by Crippen LogP contribution is -2.13. The number of rotatable bonds is 6. The summed E-state index contributed by atoms with van der Waals surface area (Å²) in [6.45, 7) is 1.21. The van der Waals surface area contributed by atoms with Gasteiger partial charge in [-0.1, -0.05) is 0 Å². The molecule has 0 amide bonds. The van der Waals surface area contributed by atoms with Crippen LogP contribution < -0.4 is 20.5 Å². The van der Waals surface area contributed by atoms with E-state index in [2.05, 4.69) is 25.4 Å². The largest absolute Gasteiger partial charge is 0.467 e. The van der Waals surface area contributed by atoms with Crippen molar-refractivity contribution in [1.82, 2.24) is 24.7 Å². The van der Waals surface area contributed by atoms with Gasteiger partial charge in [-0.25, -0.2) is 0 Å². The second-order valence-corrected chi connectivity index (χ2v) is 3.60. The van der Waals surface area contributed by atoms with Gasteiger partial charge in [0.25, 0.3) is 0 Å². The van der Waals surface area contributed by atoms with Crippen molar-refractivity contribution in [2.45, 2.75) is 6.54 Å². The van der Waals surface area contributed by atoms with Crippen LogP contribution in [0.2, 0.25) is 0 Å². The number of nitrogens with zero attached hydrogens (tertiary/aromatic N) is 5. The summed E-state index contributed by atoms with van der Waals surface area (Å²) in [6, 6.07) is 0.385. The van der Waals surface area contributed by atoms with Crippen LogP contribution in [0.3, 0.4) is 0 Å². The zero-order chi connectivity index (χ0) is 13.7. The Morgan fingerprint density at radius 2 is 1.89 bits per heavy atom. The van der Waals surface area contributed by atoms with Gasteiger partial charge in [0.05, 0.1) is 32.6 Å². The molecule has 102 valence electrons. The van der Waals surface area contributed by atoms with Crippen molar-refractivity contribution < 1.29 is 9.47 Å². The second-order valence-electron chi connectivity index (χ2n) is 3.60. The number of ether oxygens (including phenoxy) is 2. The van der Waals surface area contributed by atoms with Crippen molar-refractivity contribution >= 4 is 11.6 Å². The summed E-state index contributed by atoms with van der Waals surface area (Å²) in [4.78, 5) is 12.0. The van der Waals surface area contributed by atoms with Crippen LogP contribution in [-0.2, 0) is 6.54 Å². The zero-order valence-electron chi connectivity index (χ0n) is 10.7. The minimum Gasteiger partial charge on any atom is -0.467 e. The van der Waals surface area contributed by atoms with Crippen LogP contribution in [-0.4, -0.2) is 45.5 Å². The standard InChI is InChI=1S/C10H15N7O2/c1-18-9-14-8(15-10(16-9)19-2)12-3-4-17-6-7(11)5-13-17/h5-6H,3-4,11H2,1-2H3,(H,12,14,15,16). The first-order valence-corrected chi connectivity index (χ1v) is 5.57. The summed E-state index contributed by atoms with van der Waals surface area (Å²) in [5.74, 6) is 0.379. The Labute approximate surface area is 109 Å². The first kappa shape index (κ1) is 12.9. The van der Waals surface area contributed by atoms with Gasteiger partial charge >= 0.3 is 12.0 Å².